The maximum atomic E-state index is 12.4. The fourth-order valence-corrected chi connectivity index (χ4v) is 3.67. The van der Waals surface area contributed by atoms with Crippen molar-refractivity contribution < 1.29 is 13.5 Å². The van der Waals surface area contributed by atoms with Gasteiger partial charge in [-0.15, -0.1) is 0 Å². The lowest BCUT2D eigenvalue weighted by Crippen LogP contribution is -2.32. The van der Waals surface area contributed by atoms with Gasteiger partial charge in [0.05, 0.1) is 6.61 Å². The second kappa shape index (κ2) is 5.98. The lowest BCUT2D eigenvalue weighted by molar-refractivity contribution is 0.281. The van der Waals surface area contributed by atoms with E-state index in [-0.39, 0.29) is 11.6 Å². The molecule has 1 atom stereocenters. The highest BCUT2D eigenvalue weighted by molar-refractivity contribution is 7.89. The van der Waals surface area contributed by atoms with Gasteiger partial charge in [-0.3, -0.25) is 0 Å². The van der Waals surface area contributed by atoms with Gasteiger partial charge in [-0.2, -0.15) is 4.31 Å². The van der Waals surface area contributed by atoms with Crippen molar-refractivity contribution in [1.29, 1.82) is 0 Å². The Morgan fingerprint density at radius 2 is 2.16 bits per heavy atom. The van der Waals surface area contributed by atoms with Gasteiger partial charge in [0.2, 0.25) is 0 Å². The maximum absolute atomic E-state index is 12.4. The number of aliphatic hydroxyl groups excluding tert-OH is 1. The number of sulfonamides is 1. The summed E-state index contributed by atoms with van der Waals surface area (Å²) in [6.45, 7) is 3.15. The Morgan fingerprint density at radius 3 is 2.79 bits per heavy atom. The molecule has 1 aliphatic rings. The van der Waals surface area contributed by atoms with Crippen LogP contribution in [0.4, 0.5) is 0 Å². The van der Waals surface area contributed by atoms with E-state index in [4.69, 9.17) is 5.11 Å². The third-order valence-corrected chi connectivity index (χ3v) is 5.38. The quantitative estimate of drug-likeness (QED) is 0.910. The van der Waals surface area contributed by atoms with E-state index in [2.05, 4.69) is 11.9 Å². The third kappa shape index (κ3) is 3.32. The molecule has 19 heavy (non-hydrogen) atoms. The average Bonchev–Trinajstić information content (AvgIpc) is 2.64. The molecule has 0 aromatic carbocycles. The smallest absolute Gasteiger partial charge is 0.260 e. The van der Waals surface area contributed by atoms with Gasteiger partial charge in [-0.25, -0.2) is 13.4 Å². The molecule has 0 saturated carbocycles. The number of rotatable bonds is 3. The summed E-state index contributed by atoms with van der Waals surface area (Å²) < 4.78 is 26.4. The predicted octanol–water partition coefficient (Wildman–Crippen LogP) is 1.38. The van der Waals surface area contributed by atoms with Crippen LogP contribution in [0.15, 0.2) is 23.4 Å². The van der Waals surface area contributed by atoms with Crippen molar-refractivity contribution in [2.45, 2.75) is 37.8 Å². The van der Waals surface area contributed by atoms with Crippen LogP contribution in [0.1, 0.15) is 31.7 Å². The molecule has 6 heteroatoms. The van der Waals surface area contributed by atoms with Gasteiger partial charge in [-0.05, 0) is 36.8 Å². The molecule has 1 aliphatic heterocycles. The van der Waals surface area contributed by atoms with Crippen molar-refractivity contribution in [3.8, 4) is 0 Å². The molecule has 2 rings (SSSR count). The number of aliphatic hydroxyl groups is 1. The molecule has 1 saturated heterocycles. The third-order valence-electron chi connectivity index (χ3n) is 3.56. The summed E-state index contributed by atoms with van der Waals surface area (Å²) in [5, 5.41) is 9.02. The summed E-state index contributed by atoms with van der Waals surface area (Å²) in [6, 6.07) is 3.07. The first-order valence-corrected chi connectivity index (χ1v) is 8.04. The molecule has 1 unspecified atom stereocenters. The Hall–Kier alpha value is -0.980. The minimum Gasteiger partial charge on any atom is -0.392 e. The zero-order valence-corrected chi connectivity index (χ0v) is 11.9. The molecule has 1 aromatic rings. The van der Waals surface area contributed by atoms with Crippen molar-refractivity contribution in [3.63, 3.8) is 0 Å². The molecule has 0 aliphatic carbocycles. The van der Waals surface area contributed by atoms with Crippen LogP contribution < -0.4 is 0 Å². The summed E-state index contributed by atoms with van der Waals surface area (Å²) in [6.07, 6.45) is 4.28. The fourth-order valence-electron chi connectivity index (χ4n) is 2.27. The van der Waals surface area contributed by atoms with Gasteiger partial charge in [0, 0.05) is 19.3 Å². The predicted molar refractivity (Wildman–Crippen MR) is 71.9 cm³/mol. The molecule has 5 nitrogen and oxygen atoms in total. The highest BCUT2D eigenvalue weighted by Gasteiger charge is 2.27. The molecular weight excluding hydrogens is 264 g/mol. The summed E-state index contributed by atoms with van der Waals surface area (Å²) in [5.74, 6) is 0.574. The molecule has 106 valence electrons. The molecule has 1 fully saturated rings. The van der Waals surface area contributed by atoms with Crippen LogP contribution in [0.2, 0.25) is 0 Å². The zero-order chi connectivity index (χ0) is 13.9. The van der Waals surface area contributed by atoms with E-state index in [1.807, 2.05) is 0 Å². The first-order chi connectivity index (χ1) is 9.04. The zero-order valence-electron chi connectivity index (χ0n) is 11.1. The Bertz CT molecular complexity index is 513. The van der Waals surface area contributed by atoms with Gasteiger partial charge in [0.1, 0.15) is 0 Å². The largest absolute Gasteiger partial charge is 0.392 e. The first-order valence-electron chi connectivity index (χ1n) is 6.60. The van der Waals surface area contributed by atoms with E-state index in [9.17, 15) is 8.42 Å². The van der Waals surface area contributed by atoms with Crippen molar-refractivity contribution in [3.05, 3.63) is 23.9 Å². The van der Waals surface area contributed by atoms with E-state index < -0.39 is 10.0 Å². The SMILES string of the molecule is CC1CCCN(S(=O)(=O)c2ccc(CO)cn2)CC1. The van der Waals surface area contributed by atoms with Crippen molar-refractivity contribution in [1.82, 2.24) is 9.29 Å². The topological polar surface area (TPSA) is 70.5 Å². The molecule has 0 radical (unpaired) electrons. The number of nitrogens with zero attached hydrogens (tertiary/aromatic N) is 2. The van der Waals surface area contributed by atoms with Gasteiger partial charge in [0.15, 0.2) is 5.03 Å². The Balaban J connectivity index is 2.20. The fraction of sp³-hybridized carbons (Fsp3) is 0.615. The van der Waals surface area contributed by atoms with Gasteiger partial charge < -0.3 is 5.11 Å². The van der Waals surface area contributed by atoms with E-state index >= 15 is 0 Å². The monoisotopic (exact) mass is 284 g/mol. The standard InChI is InChI=1S/C13H20N2O3S/c1-11-3-2-7-15(8-6-11)19(17,18)13-5-4-12(10-16)9-14-13/h4-5,9,11,16H,2-3,6-8,10H2,1H3. The van der Waals surface area contributed by atoms with Crippen molar-refractivity contribution in [2.24, 2.45) is 5.92 Å². The van der Waals surface area contributed by atoms with Crippen molar-refractivity contribution in [2.75, 3.05) is 13.1 Å². The lowest BCUT2D eigenvalue weighted by Gasteiger charge is -2.19. The molecule has 1 N–H and O–H groups in total. The van der Waals surface area contributed by atoms with Gasteiger partial charge >= 0.3 is 0 Å². The van der Waals surface area contributed by atoms with Gasteiger partial charge in [0.25, 0.3) is 10.0 Å². The van der Waals surface area contributed by atoms with Crippen LogP contribution in [-0.4, -0.2) is 35.9 Å². The summed E-state index contributed by atoms with van der Waals surface area (Å²) >= 11 is 0. The molecular formula is C13H20N2O3S. The molecule has 0 amide bonds. The number of hydrogen-bond donors (Lipinski definition) is 1. The molecule has 1 aromatic heterocycles. The van der Waals surface area contributed by atoms with E-state index in [1.54, 1.807) is 6.07 Å². The number of pyridine rings is 1. The summed E-state index contributed by atoms with van der Waals surface area (Å²) in [5.41, 5.74) is 0.614. The molecule has 2 heterocycles. The second-order valence-corrected chi connectivity index (χ2v) is 6.99. The minimum absolute atomic E-state index is 0.0688. The highest BCUT2D eigenvalue weighted by atomic mass is 32.2. The summed E-state index contributed by atoms with van der Waals surface area (Å²) in [4.78, 5) is 3.96. The van der Waals surface area contributed by atoms with Crippen LogP contribution in [0, 0.1) is 5.92 Å². The van der Waals surface area contributed by atoms with Crippen LogP contribution in [0.25, 0.3) is 0 Å². The average molecular weight is 284 g/mol. The van der Waals surface area contributed by atoms with Gasteiger partial charge in [-0.1, -0.05) is 13.0 Å². The van der Waals surface area contributed by atoms with E-state index in [0.717, 1.165) is 19.3 Å². The van der Waals surface area contributed by atoms with Crippen LogP contribution in [0.3, 0.4) is 0 Å². The van der Waals surface area contributed by atoms with E-state index in [1.165, 1.54) is 16.6 Å². The van der Waals surface area contributed by atoms with Crippen LogP contribution in [0.5, 0.6) is 0 Å². The van der Waals surface area contributed by atoms with E-state index in [0.29, 0.717) is 24.6 Å². The highest BCUT2D eigenvalue weighted by Crippen LogP contribution is 2.22. The first kappa shape index (κ1) is 14.4. The number of hydrogen-bond acceptors (Lipinski definition) is 4. The van der Waals surface area contributed by atoms with Crippen LogP contribution in [-0.2, 0) is 16.6 Å². The Labute approximate surface area is 114 Å². The van der Waals surface area contributed by atoms with Crippen LogP contribution >= 0.6 is 0 Å². The number of aromatic nitrogens is 1. The minimum atomic E-state index is -3.49. The Kier molecular flexibility index (Phi) is 4.54. The maximum Gasteiger partial charge on any atom is 0.260 e. The van der Waals surface area contributed by atoms with Crippen molar-refractivity contribution >= 4 is 10.0 Å². The molecule has 0 spiro atoms. The Morgan fingerprint density at radius 1 is 1.37 bits per heavy atom. The lowest BCUT2D eigenvalue weighted by atomic mass is 10.0. The molecule has 0 bridgehead atoms. The summed E-state index contributed by atoms with van der Waals surface area (Å²) in [7, 11) is -3.49. The second-order valence-electron chi connectivity index (χ2n) is 5.10. The normalized spacial score (nSPS) is 22.1.